The highest BCUT2D eigenvalue weighted by Crippen LogP contribution is 2.29. The number of nitrogens with two attached hydrogens (primary N) is 1. The summed E-state index contributed by atoms with van der Waals surface area (Å²) >= 11 is 0. The zero-order valence-corrected chi connectivity index (χ0v) is 11.7. The fourth-order valence-corrected chi connectivity index (χ4v) is 2.15. The van der Waals surface area contributed by atoms with Crippen molar-refractivity contribution >= 4 is 11.6 Å². The molecule has 0 radical (unpaired) electrons. The first kappa shape index (κ1) is 14.7. The van der Waals surface area contributed by atoms with Crippen LogP contribution in [0.1, 0.15) is 24.1 Å². The molecular weight excluding hydrogens is 268 g/mol. The van der Waals surface area contributed by atoms with Crippen LogP contribution in [-0.4, -0.2) is 16.1 Å². The summed E-state index contributed by atoms with van der Waals surface area (Å²) in [5, 5.41) is 22.4. The van der Waals surface area contributed by atoms with Crippen molar-refractivity contribution < 1.29 is 15.0 Å². The van der Waals surface area contributed by atoms with Crippen molar-refractivity contribution in [1.82, 2.24) is 0 Å². The van der Waals surface area contributed by atoms with E-state index in [0.717, 1.165) is 11.3 Å². The Hall–Kier alpha value is -2.69. The zero-order valence-electron chi connectivity index (χ0n) is 11.7. The van der Waals surface area contributed by atoms with Crippen LogP contribution in [0.4, 0.5) is 5.69 Å². The first-order chi connectivity index (χ1) is 9.95. The molecule has 5 N–H and O–H groups in total. The lowest BCUT2D eigenvalue weighted by Gasteiger charge is -2.17. The molecule has 5 heteroatoms. The predicted molar refractivity (Wildman–Crippen MR) is 81.1 cm³/mol. The van der Waals surface area contributed by atoms with Crippen molar-refractivity contribution in [1.29, 1.82) is 0 Å². The normalized spacial score (nSPS) is 11.9. The van der Waals surface area contributed by atoms with Crippen molar-refractivity contribution in [3.8, 4) is 11.5 Å². The number of benzene rings is 2. The second-order valence-corrected chi connectivity index (χ2v) is 4.95. The predicted octanol–water partition coefficient (Wildman–Crippen LogP) is 2.30. The van der Waals surface area contributed by atoms with Gasteiger partial charge in [0.15, 0.2) is 0 Å². The Kier molecular flexibility index (Phi) is 4.33. The minimum absolute atomic E-state index is 0.0271. The lowest BCUT2D eigenvalue weighted by Crippen LogP contribution is -2.13. The number of rotatable bonds is 5. The first-order valence-corrected chi connectivity index (χ1v) is 6.61. The smallest absolute Gasteiger partial charge is 0.221 e. The van der Waals surface area contributed by atoms with Crippen LogP contribution < -0.4 is 11.1 Å². The number of carbonyl (C=O) groups excluding carboxylic acids is 1. The highest BCUT2D eigenvalue weighted by Gasteiger charge is 2.11. The number of amides is 1. The topological polar surface area (TPSA) is 95.6 Å². The number of phenols is 2. The summed E-state index contributed by atoms with van der Waals surface area (Å²) in [6.07, 6.45) is 0.217. The Morgan fingerprint density at radius 2 is 1.86 bits per heavy atom. The number of primary amides is 1. The molecule has 0 aliphatic rings. The third-order valence-electron chi connectivity index (χ3n) is 3.20. The van der Waals surface area contributed by atoms with Gasteiger partial charge in [-0.2, -0.15) is 0 Å². The van der Waals surface area contributed by atoms with Gasteiger partial charge in [0.2, 0.25) is 5.91 Å². The molecule has 0 aliphatic heterocycles. The highest BCUT2D eigenvalue weighted by molar-refractivity contribution is 5.76. The zero-order chi connectivity index (χ0) is 15.4. The summed E-state index contributed by atoms with van der Waals surface area (Å²) in [7, 11) is 0. The van der Waals surface area contributed by atoms with E-state index in [-0.39, 0.29) is 29.9 Å². The van der Waals surface area contributed by atoms with Crippen LogP contribution in [0.2, 0.25) is 0 Å². The second kappa shape index (κ2) is 6.17. The fraction of sp³-hybridized carbons (Fsp3) is 0.188. The van der Waals surface area contributed by atoms with Crippen LogP contribution >= 0.6 is 0 Å². The summed E-state index contributed by atoms with van der Waals surface area (Å²) in [6.45, 7) is 1.91. The molecule has 5 nitrogen and oxygen atoms in total. The van der Waals surface area contributed by atoms with Gasteiger partial charge in [0.05, 0.1) is 12.5 Å². The van der Waals surface area contributed by atoms with Gasteiger partial charge in [-0.15, -0.1) is 0 Å². The van der Waals surface area contributed by atoms with Gasteiger partial charge < -0.3 is 21.3 Å². The van der Waals surface area contributed by atoms with E-state index in [4.69, 9.17) is 5.73 Å². The number of anilines is 1. The third-order valence-corrected chi connectivity index (χ3v) is 3.20. The second-order valence-electron chi connectivity index (χ2n) is 4.95. The maximum atomic E-state index is 10.8. The van der Waals surface area contributed by atoms with E-state index >= 15 is 0 Å². The number of hydrogen-bond donors (Lipinski definition) is 4. The molecule has 0 spiro atoms. The maximum Gasteiger partial charge on any atom is 0.221 e. The molecule has 0 aromatic heterocycles. The summed E-state index contributed by atoms with van der Waals surface area (Å²) < 4.78 is 0. The molecule has 2 rings (SSSR count). The van der Waals surface area contributed by atoms with Gasteiger partial charge in [0.25, 0.3) is 0 Å². The van der Waals surface area contributed by atoms with Gasteiger partial charge >= 0.3 is 0 Å². The van der Waals surface area contributed by atoms with Crippen molar-refractivity contribution in [3.63, 3.8) is 0 Å². The van der Waals surface area contributed by atoms with Crippen LogP contribution in [0.3, 0.4) is 0 Å². The van der Waals surface area contributed by atoms with Crippen molar-refractivity contribution in [2.45, 2.75) is 19.4 Å². The molecule has 0 saturated carbocycles. The Morgan fingerprint density at radius 3 is 2.43 bits per heavy atom. The Morgan fingerprint density at radius 1 is 1.19 bits per heavy atom. The van der Waals surface area contributed by atoms with Gasteiger partial charge in [-0.25, -0.2) is 0 Å². The minimum Gasteiger partial charge on any atom is -0.508 e. The summed E-state index contributed by atoms with van der Waals surface area (Å²) in [6, 6.07) is 11.7. The Labute approximate surface area is 123 Å². The largest absolute Gasteiger partial charge is 0.508 e. The number of hydrogen-bond acceptors (Lipinski definition) is 4. The molecule has 1 unspecified atom stereocenters. The first-order valence-electron chi connectivity index (χ1n) is 6.61. The molecule has 1 atom stereocenters. The quantitative estimate of drug-likeness (QED) is 0.678. The minimum atomic E-state index is -0.363. The molecule has 21 heavy (non-hydrogen) atoms. The van der Waals surface area contributed by atoms with Crippen LogP contribution in [0.5, 0.6) is 11.5 Å². The summed E-state index contributed by atoms with van der Waals surface area (Å²) in [5.41, 5.74) is 7.55. The molecule has 0 heterocycles. The van der Waals surface area contributed by atoms with Gasteiger partial charge in [-0.05, 0) is 36.8 Å². The molecule has 0 saturated heterocycles. The molecular formula is C16H18N2O3. The summed E-state index contributed by atoms with van der Waals surface area (Å²) in [4.78, 5) is 10.8. The average molecular weight is 286 g/mol. The van der Waals surface area contributed by atoms with E-state index in [0.29, 0.717) is 5.56 Å². The summed E-state index contributed by atoms with van der Waals surface area (Å²) in [5.74, 6) is -0.294. The Balaban J connectivity index is 2.08. The van der Waals surface area contributed by atoms with Crippen LogP contribution in [0, 0.1) is 0 Å². The van der Waals surface area contributed by atoms with Crippen LogP contribution in [0.15, 0.2) is 42.5 Å². The van der Waals surface area contributed by atoms with Crippen LogP contribution in [-0.2, 0) is 11.2 Å². The van der Waals surface area contributed by atoms with E-state index in [1.54, 1.807) is 6.07 Å². The maximum absolute atomic E-state index is 10.8. The van der Waals surface area contributed by atoms with E-state index in [9.17, 15) is 15.0 Å². The number of phenolic OH excluding ortho intramolecular Hbond substituents is 2. The van der Waals surface area contributed by atoms with Gasteiger partial charge in [0.1, 0.15) is 11.5 Å². The monoisotopic (exact) mass is 286 g/mol. The van der Waals surface area contributed by atoms with Gasteiger partial charge in [-0.1, -0.05) is 12.1 Å². The Bertz CT molecular complexity index is 638. The standard InChI is InChI=1S/C16H18N2O3/c1-10(14-7-6-13(19)9-15(14)20)18-12-4-2-11(3-5-12)8-16(17)21/h2-7,9-10,18-20H,8H2,1H3,(H2,17,21). The number of aromatic hydroxyl groups is 2. The van der Waals surface area contributed by atoms with E-state index in [1.807, 2.05) is 31.2 Å². The van der Waals surface area contributed by atoms with Crippen LogP contribution in [0.25, 0.3) is 0 Å². The van der Waals surface area contributed by atoms with Gasteiger partial charge in [0, 0.05) is 17.3 Å². The fourth-order valence-electron chi connectivity index (χ4n) is 2.15. The molecule has 0 fully saturated rings. The number of nitrogens with one attached hydrogen (secondary N) is 1. The SMILES string of the molecule is CC(Nc1ccc(CC(N)=O)cc1)c1ccc(O)cc1O. The van der Waals surface area contributed by atoms with E-state index < -0.39 is 0 Å². The molecule has 2 aromatic carbocycles. The van der Waals surface area contributed by atoms with Crippen molar-refractivity contribution in [3.05, 3.63) is 53.6 Å². The molecule has 110 valence electrons. The van der Waals surface area contributed by atoms with Crippen molar-refractivity contribution in [2.24, 2.45) is 5.73 Å². The third kappa shape index (κ3) is 3.89. The lowest BCUT2D eigenvalue weighted by atomic mass is 10.1. The van der Waals surface area contributed by atoms with E-state index in [2.05, 4.69) is 5.32 Å². The lowest BCUT2D eigenvalue weighted by molar-refractivity contribution is -0.117. The molecule has 2 aromatic rings. The molecule has 0 bridgehead atoms. The van der Waals surface area contributed by atoms with E-state index in [1.165, 1.54) is 12.1 Å². The molecule has 1 amide bonds. The highest BCUT2D eigenvalue weighted by atomic mass is 16.3. The van der Waals surface area contributed by atoms with Gasteiger partial charge in [-0.3, -0.25) is 4.79 Å². The van der Waals surface area contributed by atoms with Crippen molar-refractivity contribution in [2.75, 3.05) is 5.32 Å². The molecule has 0 aliphatic carbocycles. The average Bonchev–Trinajstić information content (AvgIpc) is 2.40. The number of carbonyl (C=O) groups is 1.